The number of aliphatic hydroxyl groups excluding tert-OH is 1. The number of hydrogen-bond acceptors (Lipinski definition) is 4. The summed E-state index contributed by atoms with van der Waals surface area (Å²) in [5.41, 5.74) is 3.23. The lowest BCUT2D eigenvalue weighted by Crippen LogP contribution is -2.49. The molecule has 1 saturated heterocycles. The second-order valence-corrected chi connectivity index (χ2v) is 5.22. The third kappa shape index (κ3) is 3.36. The van der Waals surface area contributed by atoms with Gasteiger partial charge in [0.05, 0.1) is 0 Å². The van der Waals surface area contributed by atoms with E-state index >= 15 is 0 Å². The standard InChI is InChI=1S/C15H23N3O2/c16-17-15(20)14(12-6-2-1-3-7-12)18-10-5-4-8-13(18)9-11-19/h1-3,6-7,13-14,19H,4-5,8-11,16H2,(H,17,20). The van der Waals surface area contributed by atoms with Crippen LogP contribution in [0.5, 0.6) is 0 Å². The van der Waals surface area contributed by atoms with E-state index < -0.39 is 0 Å². The number of nitrogens with zero attached hydrogens (tertiary/aromatic N) is 1. The van der Waals surface area contributed by atoms with Gasteiger partial charge in [-0.15, -0.1) is 0 Å². The molecule has 0 aliphatic carbocycles. The highest BCUT2D eigenvalue weighted by Gasteiger charge is 2.33. The Morgan fingerprint density at radius 1 is 1.40 bits per heavy atom. The molecule has 1 aromatic rings. The average Bonchev–Trinajstić information content (AvgIpc) is 2.50. The van der Waals surface area contributed by atoms with Crippen molar-refractivity contribution in [2.24, 2.45) is 5.84 Å². The minimum absolute atomic E-state index is 0.146. The van der Waals surface area contributed by atoms with E-state index in [9.17, 15) is 9.90 Å². The van der Waals surface area contributed by atoms with Crippen molar-refractivity contribution >= 4 is 5.91 Å². The van der Waals surface area contributed by atoms with E-state index in [0.29, 0.717) is 6.42 Å². The lowest BCUT2D eigenvalue weighted by atomic mass is 9.94. The van der Waals surface area contributed by atoms with Gasteiger partial charge in [0.15, 0.2) is 0 Å². The summed E-state index contributed by atoms with van der Waals surface area (Å²) in [6.45, 7) is 1.00. The molecular weight excluding hydrogens is 254 g/mol. The molecule has 2 atom stereocenters. The monoisotopic (exact) mass is 277 g/mol. The zero-order chi connectivity index (χ0) is 14.4. The molecule has 0 radical (unpaired) electrons. The van der Waals surface area contributed by atoms with Crippen molar-refractivity contribution in [3.63, 3.8) is 0 Å². The van der Waals surface area contributed by atoms with Crippen LogP contribution in [0, 0.1) is 0 Å². The molecule has 1 heterocycles. The Morgan fingerprint density at radius 2 is 2.15 bits per heavy atom. The van der Waals surface area contributed by atoms with Gasteiger partial charge in [-0.3, -0.25) is 15.1 Å². The van der Waals surface area contributed by atoms with Crippen molar-refractivity contribution in [3.05, 3.63) is 35.9 Å². The number of nitrogens with two attached hydrogens (primary N) is 1. The topological polar surface area (TPSA) is 78.6 Å². The summed E-state index contributed by atoms with van der Waals surface area (Å²) in [6.07, 6.45) is 3.93. The first-order valence-electron chi connectivity index (χ1n) is 7.20. The quantitative estimate of drug-likeness (QED) is 0.425. The number of hydrogen-bond donors (Lipinski definition) is 3. The average molecular weight is 277 g/mol. The van der Waals surface area contributed by atoms with Crippen LogP contribution in [-0.4, -0.2) is 35.1 Å². The van der Waals surface area contributed by atoms with Gasteiger partial charge in [-0.25, -0.2) is 5.84 Å². The fourth-order valence-corrected chi connectivity index (χ4v) is 3.03. The zero-order valence-electron chi connectivity index (χ0n) is 11.7. The van der Waals surface area contributed by atoms with Crippen LogP contribution in [0.2, 0.25) is 0 Å². The lowest BCUT2D eigenvalue weighted by molar-refractivity contribution is -0.128. The van der Waals surface area contributed by atoms with Crippen LogP contribution >= 0.6 is 0 Å². The Labute approximate surface area is 119 Å². The number of benzene rings is 1. The second-order valence-electron chi connectivity index (χ2n) is 5.22. The summed E-state index contributed by atoms with van der Waals surface area (Å²) >= 11 is 0. The molecule has 1 fully saturated rings. The third-order valence-electron chi connectivity index (χ3n) is 3.97. The maximum Gasteiger partial charge on any atom is 0.255 e. The van der Waals surface area contributed by atoms with Crippen molar-refractivity contribution < 1.29 is 9.90 Å². The van der Waals surface area contributed by atoms with Crippen LogP contribution in [0.4, 0.5) is 0 Å². The number of piperidine rings is 1. The van der Waals surface area contributed by atoms with Crippen LogP contribution in [-0.2, 0) is 4.79 Å². The first kappa shape index (κ1) is 15.0. The summed E-state index contributed by atoms with van der Waals surface area (Å²) in [7, 11) is 0. The molecule has 110 valence electrons. The zero-order valence-corrected chi connectivity index (χ0v) is 11.7. The Bertz CT molecular complexity index is 422. The van der Waals surface area contributed by atoms with E-state index in [1.807, 2.05) is 30.3 Å². The number of amides is 1. The van der Waals surface area contributed by atoms with Crippen molar-refractivity contribution in [2.45, 2.75) is 37.8 Å². The van der Waals surface area contributed by atoms with Crippen LogP contribution in [0.3, 0.4) is 0 Å². The van der Waals surface area contributed by atoms with Gasteiger partial charge >= 0.3 is 0 Å². The number of aliphatic hydroxyl groups is 1. The molecule has 2 rings (SSSR count). The molecule has 4 N–H and O–H groups in total. The van der Waals surface area contributed by atoms with Crippen molar-refractivity contribution in [3.8, 4) is 0 Å². The highest BCUT2D eigenvalue weighted by molar-refractivity contribution is 5.82. The van der Waals surface area contributed by atoms with Crippen LogP contribution in [0.15, 0.2) is 30.3 Å². The van der Waals surface area contributed by atoms with Gasteiger partial charge in [-0.05, 0) is 31.4 Å². The fraction of sp³-hybridized carbons (Fsp3) is 0.533. The van der Waals surface area contributed by atoms with Gasteiger partial charge in [-0.2, -0.15) is 0 Å². The number of hydrazine groups is 1. The molecule has 5 heteroatoms. The summed E-state index contributed by atoms with van der Waals surface area (Å²) < 4.78 is 0. The molecule has 5 nitrogen and oxygen atoms in total. The van der Waals surface area contributed by atoms with Gasteiger partial charge in [0.1, 0.15) is 6.04 Å². The number of likely N-dealkylation sites (tertiary alicyclic amines) is 1. The Morgan fingerprint density at radius 3 is 2.80 bits per heavy atom. The number of carbonyl (C=O) groups is 1. The Hall–Kier alpha value is -1.43. The lowest BCUT2D eigenvalue weighted by Gasteiger charge is -2.40. The smallest absolute Gasteiger partial charge is 0.255 e. The SMILES string of the molecule is NNC(=O)C(c1ccccc1)N1CCCCC1CCO. The predicted molar refractivity (Wildman–Crippen MR) is 77.6 cm³/mol. The molecular formula is C15H23N3O2. The molecule has 0 aromatic heterocycles. The van der Waals surface area contributed by atoms with Crippen molar-refractivity contribution in [2.75, 3.05) is 13.2 Å². The summed E-state index contributed by atoms with van der Waals surface area (Å²) in [4.78, 5) is 14.4. The van der Waals surface area contributed by atoms with Gasteiger partial charge < -0.3 is 5.11 Å². The maximum atomic E-state index is 12.2. The van der Waals surface area contributed by atoms with E-state index in [1.54, 1.807) is 0 Å². The largest absolute Gasteiger partial charge is 0.396 e. The molecule has 0 bridgehead atoms. The molecule has 1 aromatic carbocycles. The number of carbonyl (C=O) groups excluding carboxylic acids is 1. The summed E-state index contributed by atoms with van der Waals surface area (Å²) in [5, 5.41) is 9.23. The van der Waals surface area contributed by atoms with Crippen LogP contribution < -0.4 is 11.3 Å². The molecule has 1 aliphatic heterocycles. The van der Waals surface area contributed by atoms with Gasteiger partial charge in [0, 0.05) is 12.6 Å². The molecule has 1 amide bonds. The highest BCUT2D eigenvalue weighted by Crippen LogP contribution is 2.30. The van der Waals surface area contributed by atoms with Crippen molar-refractivity contribution in [1.29, 1.82) is 0 Å². The predicted octanol–water partition coefficient (Wildman–Crippen LogP) is 0.954. The Balaban J connectivity index is 2.27. The van der Waals surface area contributed by atoms with Gasteiger partial charge in [-0.1, -0.05) is 36.8 Å². The molecule has 1 aliphatic rings. The normalized spacial score (nSPS) is 21.4. The first-order valence-corrected chi connectivity index (χ1v) is 7.20. The third-order valence-corrected chi connectivity index (χ3v) is 3.97. The van der Waals surface area contributed by atoms with E-state index in [1.165, 1.54) is 0 Å². The molecule has 0 saturated carbocycles. The van der Waals surface area contributed by atoms with E-state index in [4.69, 9.17) is 5.84 Å². The minimum atomic E-state index is -0.377. The molecule has 20 heavy (non-hydrogen) atoms. The van der Waals surface area contributed by atoms with Crippen LogP contribution in [0.1, 0.15) is 37.3 Å². The Kier molecular flexibility index (Phi) is 5.52. The van der Waals surface area contributed by atoms with Crippen LogP contribution in [0.25, 0.3) is 0 Å². The second kappa shape index (κ2) is 7.38. The number of nitrogens with one attached hydrogen (secondary N) is 1. The van der Waals surface area contributed by atoms with E-state index in [0.717, 1.165) is 31.4 Å². The summed E-state index contributed by atoms with van der Waals surface area (Å²) in [5.74, 6) is 5.17. The maximum absolute atomic E-state index is 12.2. The molecule has 0 spiro atoms. The van der Waals surface area contributed by atoms with Gasteiger partial charge in [0.2, 0.25) is 0 Å². The first-order chi connectivity index (χ1) is 9.77. The highest BCUT2D eigenvalue weighted by atomic mass is 16.3. The van der Waals surface area contributed by atoms with Gasteiger partial charge in [0.25, 0.3) is 5.91 Å². The van der Waals surface area contributed by atoms with E-state index in [2.05, 4.69) is 10.3 Å². The molecule has 2 unspecified atom stereocenters. The number of rotatable bonds is 5. The van der Waals surface area contributed by atoms with E-state index in [-0.39, 0.29) is 24.6 Å². The van der Waals surface area contributed by atoms with Crippen molar-refractivity contribution in [1.82, 2.24) is 10.3 Å². The summed E-state index contributed by atoms with van der Waals surface area (Å²) in [6, 6.07) is 9.54. The minimum Gasteiger partial charge on any atom is -0.396 e. The fourth-order valence-electron chi connectivity index (χ4n) is 3.03.